The number of anilines is 2. The van der Waals surface area contributed by atoms with Crippen molar-refractivity contribution in [1.29, 1.82) is 0 Å². The van der Waals surface area contributed by atoms with Gasteiger partial charge in [-0.05, 0) is 18.2 Å². The summed E-state index contributed by atoms with van der Waals surface area (Å²) in [5.41, 5.74) is 5.57. The minimum atomic E-state index is -0.823. The molecule has 8 heteroatoms. The normalized spacial score (nSPS) is 10.1. The Morgan fingerprint density at radius 2 is 2.20 bits per heavy atom. The third kappa shape index (κ3) is 2.91. The number of nitrogen functional groups attached to an aromatic ring is 1. The van der Waals surface area contributed by atoms with Crippen LogP contribution in [0.5, 0.6) is 0 Å². The van der Waals surface area contributed by atoms with Crippen LogP contribution in [0.25, 0.3) is 0 Å². The lowest BCUT2D eigenvalue weighted by Gasteiger charge is -2.06. The van der Waals surface area contributed by atoms with Gasteiger partial charge in [-0.2, -0.15) is 0 Å². The van der Waals surface area contributed by atoms with E-state index in [0.29, 0.717) is 0 Å². The first-order valence-electron chi connectivity index (χ1n) is 5.41. The zero-order valence-corrected chi connectivity index (χ0v) is 11.2. The number of thiazole rings is 1. The van der Waals surface area contributed by atoms with Gasteiger partial charge in [-0.25, -0.2) is 14.2 Å². The van der Waals surface area contributed by atoms with Gasteiger partial charge in [0.05, 0.1) is 12.7 Å². The molecule has 1 amide bonds. The fourth-order valence-electron chi connectivity index (χ4n) is 1.46. The molecule has 20 heavy (non-hydrogen) atoms. The predicted octanol–water partition coefficient (Wildman–Crippen LogP) is 1.90. The van der Waals surface area contributed by atoms with E-state index in [1.165, 1.54) is 17.5 Å². The highest BCUT2D eigenvalue weighted by atomic mass is 32.1. The number of carbonyl (C=O) groups is 2. The highest BCUT2D eigenvalue weighted by Gasteiger charge is 2.15. The molecule has 1 aromatic heterocycles. The first-order chi connectivity index (χ1) is 9.51. The average Bonchev–Trinajstić information content (AvgIpc) is 2.87. The quantitative estimate of drug-likeness (QED) is 0.843. The average molecular weight is 295 g/mol. The number of carbonyl (C=O) groups excluding carboxylic acids is 2. The summed E-state index contributed by atoms with van der Waals surface area (Å²) in [6, 6.07) is 3.58. The molecule has 0 radical (unpaired) electrons. The molecule has 3 N–H and O–H groups in total. The Morgan fingerprint density at radius 3 is 2.80 bits per heavy atom. The van der Waals surface area contributed by atoms with Gasteiger partial charge in [-0.1, -0.05) is 0 Å². The molecular weight excluding hydrogens is 285 g/mol. The largest absolute Gasteiger partial charge is 0.465 e. The number of ether oxygens (including phenoxy) is 1. The molecule has 0 aliphatic rings. The van der Waals surface area contributed by atoms with Crippen LogP contribution in [0.4, 0.5) is 15.2 Å². The van der Waals surface area contributed by atoms with Gasteiger partial charge < -0.3 is 15.8 Å². The zero-order chi connectivity index (χ0) is 14.7. The Bertz CT molecular complexity index is 672. The van der Waals surface area contributed by atoms with Crippen molar-refractivity contribution in [3.63, 3.8) is 0 Å². The number of nitrogens with zero attached hydrogens (tertiary/aromatic N) is 1. The molecule has 0 saturated carbocycles. The van der Waals surface area contributed by atoms with E-state index >= 15 is 0 Å². The van der Waals surface area contributed by atoms with Gasteiger partial charge in [-0.3, -0.25) is 4.79 Å². The lowest BCUT2D eigenvalue weighted by atomic mass is 10.2. The Hall–Kier alpha value is -2.48. The summed E-state index contributed by atoms with van der Waals surface area (Å²) in [5, 5.41) is 4.26. The summed E-state index contributed by atoms with van der Waals surface area (Å²) in [5.74, 6) is -2.05. The lowest BCUT2D eigenvalue weighted by molar-refractivity contribution is 0.0595. The summed E-state index contributed by atoms with van der Waals surface area (Å²) < 4.78 is 17.9. The fraction of sp³-hybridized carbons (Fsp3) is 0.0833. The van der Waals surface area contributed by atoms with Gasteiger partial charge in [0.25, 0.3) is 5.91 Å². The Morgan fingerprint density at radius 1 is 1.45 bits per heavy atom. The minimum absolute atomic E-state index is 0.149. The number of halogens is 1. The molecule has 2 rings (SSSR count). The number of methoxy groups -OCH3 is 1. The van der Waals surface area contributed by atoms with Crippen LogP contribution < -0.4 is 11.1 Å². The molecule has 0 fully saturated rings. The Balaban J connectivity index is 2.22. The van der Waals surface area contributed by atoms with E-state index in [2.05, 4.69) is 15.0 Å². The Labute approximate surface area is 117 Å². The third-order valence-corrected chi connectivity index (χ3v) is 3.06. The summed E-state index contributed by atoms with van der Waals surface area (Å²) in [6.45, 7) is 0. The topological polar surface area (TPSA) is 94.3 Å². The number of hydrogen-bond acceptors (Lipinski definition) is 6. The summed E-state index contributed by atoms with van der Waals surface area (Å²) >= 11 is 1.13. The van der Waals surface area contributed by atoms with Crippen LogP contribution in [-0.4, -0.2) is 24.0 Å². The number of esters is 1. The number of benzene rings is 1. The maximum Gasteiger partial charge on any atom is 0.340 e. The summed E-state index contributed by atoms with van der Waals surface area (Å²) in [6.07, 6.45) is 0. The van der Waals surface area contributed by atoms with Crippen LogP contribution in [0.2, 0.25) is 0 Å². The molecule has 0 bridgehead atoms. The summed E-state index contributed by atoms with van der Waals surface area (Å²) in [7, 11) is 1.14. The minimum Gasteiger partial charge on any atom is -0.465 e. The van der Waals surface area contributed by atoms with Crippen LogP contribution in [0.1, 0.15) is 20.8 Å². The monoisotopic (exact) mass is 295 g/mol. The van der Waals surface area contributed by atoms with E-state index in [4.69, 9.17) is 5.73 Å². The second kappa shape index (κ2) is 5.66. The van der Waals surface area contributed by atoms with E-state index in [-0.39, 0.29) is 22.1 Å². The maximum atomic E-state index is 13.4. The second-order valence-corrected chi connectivity index (χ2v) is 4.60. The number of rotatable bonds is 3. The van der Waals surface area contributed by atoms with Crippen molar-refractivity contribution in [2.24, 2.45) is 0 Å². The SMILES string of the molecule is COC(=O)c1cc(NC(=O)c2csc(N)n2)ccc1F. The number of nitrogens with two attached hydrogens (primary N) is 1. The van der Waals surface area contributed by atoms with E-state index in [1.54, 1.807) is 0 Å². The van der Waals surface area contributed by atoms with Gasteiger partial charge in [-0.15, -0.1) is 11.3 Å². The zero-order valence-electron chi connectivity index (χ0n) is 10.3. The van der Waals surface area contributed by atoms with E-state index < -0.39 is 17.7 Å². The molecular formula is C12H10FN3O3S. The highest BCUT2D eigenvalue weighted by Crippen LogP contribution is 2.17. The molecule has 104 valence electrons. The molecule has 0 atom stereocenters. The number of aromatic nitrogens is 1. The molecule has 1 aromatic carbocycles. The third-order valence-electron chi connectivity index (χ3n) is 2.38. The van der Waals surface area contributed by atoms with E-state index in [0.717, 1.165) is 24.5 Å². The molecule has 0 saturated heterocycles. The van der Waals surface area contributed by atoms with Gasteiger partial charge in [0.2, 0.25) is 0 Å². The van der Waals surface area contributed by atoms with Crippen LogP contribution in [-0.2, 0) is 4.74 Å². The van der Waals surface area contributed by atoms with Crippen LogP contribution >= 0.6 is 11.3 Å². The van der Waals surface area contributed by atoms with Crippen molar-refractivity contribution in [3.05, 3.63) is 40.7 Å². The maximum absolute atomic E-state index is 13.4. The standard InChI is InChI=1S/C12H10FN3O3S/c1-19-11(18)7-4-6(2-3-8(7)13)15-10(17)9-5-20-12(14)16-9/h2-5H,1H3,(H2,14,16)(H,15,17). The van der Waals surface area contributed by atoms with Crippen LogP contribution in [0, 0.1) is 5.82 Å². The van der Waals surface area contributed by atoms with Gasteiger partial charge >= 0.3 is 5.97 Å². The van der Waals surface area contributed by atoms with E-state index in [1.807, 2.05) is 0 Å². The Kier molecular flexibility index (Phi) is 3.94. The molecule has 2 aromatic rings. The second-order valence-electron chi connectivity index (χ2n) is 3.71. The highest BCUT2D eigenvalue weighted by molar-refractivity contribution is 7.13. The smallest absolute Gasteiger partial charge is 0.340 e. The molecule has 0 unspecified atom stereocenters. The van der Waals surface area contributed by atoms with Gasteiger partial charge in [0.1, 0.15) is 11.5 Å². The predicted molar refractivity (Wildman–Crippen MR) is 72.2 cm³/mol. The molecule has 0 spiro atoms. The fourth-order valence-corrected chi connectivity index (χ4v) is 2.00. The van der Waals surface area contributed by atoms with Crippen molar-refractivity contribution in [3.8, 4) is 0 Å². The summed E-state index contributed by atoms with van der Waals surface area (Å²) in [4.78, 5) is 27.0. The van der Waals surface area contributed by atoms with Crippen molar-refractivity contribution < 1.29 is 18.7 Å². The van der Waals surface area contributed by atoms with Crippen molar-refractivity contribution in [1.82, 2.24) is 4.98 Å². The lowest BCUT2D eigenvalue weighted by Crippen LogP contribution is -2.13. The molecule has 0 aliphatic carbocycles. The van der Waals surface area contributed by atoms with Crippen molar-refractivity contribution >= 4 is 34.0 Å². The number of hydrogen-bond donors (Lipinski definition) is 2. The van der Waals surface area contributed by atoms with E-state index in [9.17, 15) is 14.0 Å². The van der Waals surface area contributed by atoms with Crippen LogP contribution in [0.15, 0.2) is 23.6 Å². The first-order valence-corrected chi connectivity index (χ1v) is 6.29. The number of amides is 1. The first kappa shape index (κ1) is 13.9. The van der Waals surface area contributed by atoms with Crippen LogP contribution in [0.3, 0.4) is 0 Å². The number of nitrogens with one attached hydrogen (secondary N) is 1. The molecule has 1 heterocycles. The van der Waals surface area contributed by atoms with Crippen molar-refractivity contribution in [2.45, 2.75) is 0 Å². The molecule has 0 aliphatic heterocycles. The molecule has 6 nitrogen and oxygen atoms in total. The van der Waals surface area contributed by atoms with Crippen molar-refractivity contribution in [2.75, 3.05) is 18.2 Å². The van der Waals surface area contributed by atoms with Gasteiger partial charge in [0, 0.05) is 11.1 Å². The van der Waals surface area contributed by atoms with Gasteiger partial charge in [0.15, 0.2) is 5.13 Å².